The van der Waals surface area contributed by atoms with Crippen LogP contribution in [0.1, 0.15) is 36.5 Å². The number of nitrogens with zero attached hydrogens (tertiary/aromatic N) is 2. The molecule has 0 aromatic heterocycles. The van der Waals surface area contributed by atoms with Crippen LogP contribution in [0.25, 0.3) is 0 Å². The Morgan fingerprint density at radius 3 is 2.53 bits per heavy atom. The van der Waals surface area contributed by atoms with Crippen molar-refractivity contribution in [3.05, 3.63) is 53.1 Å². The summed E-state index contributed by atoms with van der Waals surface area (Å²) >= 11 is 0. The molecule has 3 aliphatic heterocycles. The zero-order valence-electron chi connectivity index (χ0n) is 19.4. The van der Waals surface area contributed by atoms with Crippen LogP contribution in [0.2, 0.25) is 0 Å². The first-order chi connectivity index (χ1) is 16.2. The molecule has 0 aliphatic carbocycles. The second kappa shape index (κ2) is 8.70. The molecule has 34 heavy (non-hydrogen) atoms. The average Bonchev–Trinajstić information content (AvgIpc) is 2.84. The van der Waals surface area contributed by atoms with E-state index < -0.39 is 16.1 Å². The number of carbonyl (C=O) groups excluding carboxylic acids is 2. The molecule has 1 fully saturated rings. The van der Waals surface area contributed by atoms with Crippen LogP contribution >= 0.6 is 0 Å². The largest absolute Gasteiger partial charge is 0.479 e. The number of piperidine rings is 1. The number of benzene rings is 2. The molecule has 3 heterocycles. The van der Waals surface area contributed by atoms with E-state index in [2.05, 4.69) is 17.4 Å². The quantitative estimate of drug-likeness (QED) is 0.724. The van der Waals surface area contributed by atoms with Gasteiger partial charge in [-0.2, -0.15) is 4.31 Å². The standard InChI is InChI=1S/C25H29N3O5S/c1-16-13-21-22(33-17(2)24(29)26-21)14-23(16)34(31,32)28-11-8-19(9-12-28)25(30)27-10-7-18-5-3-4-6-20(18)15-27/h3-6,13-14,17,19H,7-12,15H2,1-2H3,(H,26,29). The number of anilines is 1. The number of sulfonamides is 1. The van der Waals surface area contributed by atoms with Gasteiger partial charge in [-0.1, -0.05) is 24.3 Å². The van der Waals surface area contributed by atoms with Crippen molar-refractivity contribution in [2.45, 2.75) is 50.7 Å². The first-order valence-corrected chi connectivity index (χ1v) is 13.2. The topological polar surface area (TPSA) is 96.0 Å². The van der Waals surface area contributed by atoms with Crippen LogP contribution in [0.3, 0.4) is 0 Å². The van der Waals surface area contributed by atoms with Crippen LogP contribution in [0, 0.1) is 12.8 Å². The highest BCUT2D eigenvalue weighted by molar-refractivity contribution is 7.89. The molecule has 2 amide bonds. The Morgan fingerprint density at radius 1 is 1.09 bits per heavy atom. The number of amides is 2. The van der Waals surface area contributed by atoms with Gasteiger partial charge < -0.3 is 15.0 Å². The Hall–Kier alpha value is -2.91. The Labute approximate surface area is 199 Å². The van der Waals surface area contributed by atoms with Crippen molar-refractivity contribution in [1.29, 1.82) is 0 Å². The average molecular weight is 484 g/mol. The van der Waals surface area contributed by atoms with E-state index in [9.17, 15) is 18.0 Å². The highest BCUT2D eigenvalue weighted by Gasteiger charge is 2.36. The van der Waals surface area contributed by atoms with Gasteiger partial charge >= 0.3 is 0 Å². The fraction of sp³-hybridized carbons (Fsp3) is 0.440. The molecule has 0 bridgehead atoms. The maximum atomic E-state index is 13.4. The molecule has 0 saturated carbocycles. The summed E-state index contributed by atoms with van der Waals surface area (Å²) in [6.45, 7) is 5.26. The van der Waals surface area contributed by atoms with Gasteiger partial charge in [-0.25, -0.2) is 8.42 Å². The van der Waals surface area contributed by atoms with Gasteiger partial charge in [0.25, 0.3) is 5.91 Å². The van der Waals surface area contributed by atoms with E-state index in [1.165, 1.54) is 21.5 Å². The molecule has 2 aromatic rings. The number of fused-ring (bicyclic) bond motifs is 2. The molecule has 2 aromatic carbocycles. The van der Waals surface area contributed by atoms with Crippen LogP contribution in [0.4, 0.5) is 5.69 Å². The lowest BCUT2D eigenvalue weighted by Gasteiger charge is -2.36. The molecule has 1 atom stereocenters. The van der Waals surface area contributed by atoms with Crippen LogP contribution < -0.4 is 10.1 Å². The van der Waals surface area contributed by atoms with Gasteiger partial charge in [0.1, 0.15) is 5.75 Å². The van der Waals surface area contributed by atoms with Crippen LogP contribution in [0.15, 0.2) is 41.3 Å². The number of hydrogen-bond donors (Lipinski definition) is 1. The minimum Gasteiger partial charge on any atom is -0.479 e. The van der Waals surface area contributed by atoms with E-state index in [0.29, 0.717) is 56.0 Å². The number of carbonyl (C=O) groups is 2. The van der Waals surface area contributed by atoms with Gasteiger partial charge in [-0.05, 0) is 55.9 Å². The highest BCUT2D eigenvalue weighted by Crippen LogP contribution is 2.36. The minimum atomic E-state index is -3.76. The monoisotopic (exact) mass is 483 g/mol. The van der Waals surface area contributed by atoms with E-state index in [-0.39, 0.29) is 22.6 Å². The molecule has 9 heteroatoms. The van der Waals surface area contributed by atoms with Gasteiger partial charge in [0.05, 0.1) is 10.6 Å². The Morgan fingerprint density at radius 2 is 1.79 bits per heavy atom. The number of rotatable bonds is 3. The Bertz CT molecular complexity index is 1250. The van der Waals surface area contributed by atoms with Crippen molar-refractivity contribution < 1.29 is 22.7 Å². The van der Waals surface area contributed by atoms with Crippen molar-refractivity contribution in [3.63, 3.8) is 0 Å². The lowest BCUT2D eigenvalue weighted by atomic mass is 9.94. The summed E-state index contributed by atoms with van der Waals surface area (Å²) in [7, 11) is -3.76. The first-order valence-electron chi connectivity index (χ1n) is 11.7. The molecule has 180 valence electrons. The lowest BCUT2D eigenvalue weighted by Crippen LogP contribution is -2.45. The number of hydrogen-bond acceptors (Lipinski definition) is 5. The van der Waals surface area contributed by atoms with Crippen molar-refractivity contribution in [3.8, 4) is 5.75 Å². The molecule has 5 rings (SSSR count). The summed E-state index contributed by atoms with van der Waals surface area (Å²) in [5, 5.41) is 2.75. The predicted molar refractivity (Wildman–Crippen MR) is 127 cm³/mol. The third-order valence-corrected chi connectivity index (χ3v) is 9.11. The molecule has 0 radical (unpaired) electrons. The zero-order chi connectivity index (χ0) is 24.0. The fourth-order valence-corrected chi connectivity index (χ4v) is 6.74. The molecule has 1 N–H and O–H groups in total. The SMILES string of the molecule is Cc1cc2c(cc1S(=O)(=O)N1CCC(C(=O)N3CCc4ccccc4C3)CC1)OC(C)C(=O)N2. The Kier molecular flexibility index (Phi) is 5.85. The lowest BCUT2D eigenvalue weighted by molar-refractivity contribution is -0.137. The summed E-state index contributed by atoms with van der Waals surface area (Å²) in [5.74, 6) is 0.0496. The van der Waals surface area contributed by atoms with Gasteiger partial charge in [0.15, 0.2) is 6.10 Å². The predicted octanol–water partition coefficient (Wildman–Crippen LogP) is 2.70. The summed E-state index contributed by atoms with van der Waals surface area (Å²) < 4.78 is 34.0. The molecule has 3 aliphatic rings. The summed E-state index contributed by atoms with van der Waals surface area (Å²) in [6.07, 6.45) is 1.18. The normalized spacial score (nSPS) is 21.3. The highest BCUT2D eigenvalue weighted by atomic mass is 32.2. The molecular formula is C25H29N3O5S. The molecule has 8 nitrogen and oxygen atoms in total. The maximum absolute atomic E-state index is 13.4. The number of aryl methyl sites for hydroxylation is 1. The van der Waals surface area contributed by atoms with Crippen LogP contribution in [-0.4, -0.2) is 55.2 Å². The van der Waals surface area contributed by atoms with E-state index in [1.54, 1.807) is 19.9 Å². The number of ether oxygens (including phenoxy) is 1. The molecule has 0 spiro atoms. The smallest absolute Gasteiger partial charge is 0.265 e. The summed E-state index contributed by atoms with van der Waals surface area (Å²) in [5.41, 5.74) is 3.51. The van der Waals surface area contributed by atoms with E-state index >= 15 is 0 Å². The van der Waals surface area contributed by atoms with E-state index in [1.807, 2.05) is 17.0 Å². The molecule has 1 saturated heterocycles. The second-order valence-electron chi connectivity index (χ2n) is 9.32. The van der Waals surface area contributed by atoms with E-state index in [4.69, 9.17) is 4.74 Å². The van der Waals surface area contributed by atoms with Crippen molar-refractivity contribution in [1.82, 2.24) is 9.21 Å². The van der Waals surface area contributed by atoms with Crippen molar-refractivity contribution in [2.24, 2.45) is 5.92 Å². The van der Waals surface area contributed by atoms with E-state index in [0.717, 1.165) is 6.42 Å². The first kappa shape index (κ1) is 22.9. The maximum Gasteiger partial charge on any atom is 0.265 e. The van der Waals surface area contributed by atoms with Gasteiger partial charge in [0, 0.05) is 38.2 Å². The number of nitrogens with one attached hydrogen (secondary N) is 1. The third-order valence-electron chi connectivity index (χ3n) is 7.07. The Balaban J connectivity index is 1.27. The molecular weight excluding hydrogens is 454 g/mol. The summed E-state index contributed by atoms with van der Waals surface area (Å²) in [4.78, 5) is 27.1. The minimum absolute atomic E-state index is 0.120. The second-order valence-corrected chi connectivity index (χ2v) is 11.2. The molecule has 1 unspecified atom stereocenters. The van der Waals surface area contributed by atoms with Crippen molar-refractivity contribution >= 4 is 27.5 Å². The fourth-order valence-electron chi connectivity index (χ4n) is 5.05. The van der Waals surface area contributed by atoms with Crippen LogP contribution in [0.5, 0.6) is 5.75 Å². The van der Waals surface area contributed by atoms with Crippen LogP contribution in [-0.2, 0) is 32.6 Å². The third kappa shape index (κ3) is 4.07. The summed E-state index contributed by atoms with van der Waals surface area (Å²) in [6, 6.07) is 11.3. The van der Waals surface area contributed by atoms with Crippen molar-refractivity contribution in [2.75, 3.05) is 25.0 Å². The zero-order valence-corrected chi connectivity index (χ0v) is 20.2. The van der Waals surface area contributed by atoms with Gasteiger partial charge in [-0.15, -0.1) is 0 Å². The van der Waals surface area contributed by atoms with Gasteiger partial charge in [0.2, 0.25) is 15.9 Å². The van der Waals surface area contributed by atoms with Gasteiger partial charge in [-0.3, -0.25) is 9.59 Å².